The van der Waals surface area contributed by atoms with Crippen molar-refractivity contribution < 1.29 is 0 Å². The molecular formula is C25H29+. The number of allylic oxidation sites excluding steroid dienone is 3. The lowest BCUT2D eigenvalue weighted by Gasteiger charge is -2.04. The van der Waals surface area contributed by atoms with Crippen molar-refractivity contribution in [1.29, 1.82) is 0 Å². The highest BCUT2D eigenvalue weighted by molar-refractivity contribution is 6.02. The molecule has 0 radical (unpaired) electrons. The molecule has 0 amide bonds. The third kappa shape index (κ3) is 3.58. The number of rotatable bonds is 3. The average Bonchev–Trinajstić information content (AvgIpc) is 2.75. The van der Waals surface area contributed by atoms with Crippen molar-refractivity contribution in [3.05, 3.63) is 81.9 Å². The highest BCUT2D eigenvalue weighted by Gasteiger charge is 2.24. The standard InChI is InChI=1S/C25H29/c1-16(2)21-11-8-20(9-12-21)14-23-13-19(6)24-15-22(17(3)4)10-7-18(5)25(23)24/h7-17H,1-6H3/q+1/b23-14+. The summed E-state index contributed by atoms with van der Waals surface area (Å²) < 4.78 is 0. The smallest absolute Gasteiger partial charge is 0.0587 e. The van der Waals surface area contributed by atoms with Crippen LogP contribution in [0, 0.1) is 6.92 Å². The van der Waals surface area contributed by atoms with E-state index in [2.05, 4.69) is 96.2 Å². The van der Waals surface area contributed by atoms with Gasteiger partial charge in [-0.3, -0.25) is 0 Å². The van der Waals surface area contributed by atoms with E-state index in [0.717, 1.165) is 0 Å². The number of benzene rings is 1. The molecule has 128 valence electrons. The summed E-state index contributed by atoms with van der Waals surface area (Å²) >= 11 is 0. The third-order valence-electron chi connectivity index (χ3n) is 5.18. The maximum absolute atomic E-state index is 2.38. The van der Waals surface area contributed by atoms with Crippen LogP contribution in [0.5, 0.6) is 0 Å². The van der Waals surface area contributed by atoms with Gasteiger partial charge in [0.05, 0.1) is 16.7 Å². The molecule has 0 aromatic heterocycles. The fourth-order valence-electron chi connectivity index (χ4n) is 3.51. The van der Waals surface area contributed by atoms with E-state index in [4.69, 9.17) is 0 Å². The predicted molar refractivity (Wildman–Crippen MR) is 112 cm³/mol. The summed E-state index contributed by atoms with van der Waals surface area (Å²) in [6, 6.07) is 15.9. The minimum atomic E-state index is 0.542. The van der Waals surface area contributed by atoms with Crippen molar-refractivity contribution >= 4 is 17.2 Å². The SMILES string of the molecule is CC1=C/C(=C\c2ccc(C(C)C)cc2)[c+]2c(C)ccc(C(C)C)cc21. The van der Waals surface area contributed by atoms with Gasteiger partial charge in [-0.25, -0.2) is 0 Å². The van der Waals surface area contributed by atoms with Crippen LogP contribution < -0.4 is 0 Å². The van der Waals surface area contributed by atoms with Crippen LogP contribution in [-0.2, 0) is 0 Å². The van der Waals surface area contributed by atoms with Crippen LogP contribution in [0.4, 0.5) is 0 Å². The lowest BCUT2D eigenvalue weighted by molar-refractivity contribution is 0.866. The molecule has 1 aliphatic rings. The summed E-state index contributed by atoms with van der Waals surface area (Å²) in [5, 5.41) is 0. The zero-order chi connectivity index (χ0) is 18.1. The zero-order valence-corrected chi connectivity index (χ0v) is 16.4. The molecule has 0 aliphatic heterocycles. The fraction of sp³-hybridized carbons (Fsp3) is 0.320. The molecule has 0 nitrogen and oxygen atoms in total. The Labute approximate surface area is 152 Å². The van der Waals surface area contributed by atoms with Crippen LogP contribution in [0.15, 0.2) is 48.5 Å². The van der Waals surface area contributed by atoms with Crippen LogP contribution in [-0.4, -0.2) is 0 Å². The quantitative estimate of drug-likeness (QED) is 0.512. The second kappa shape index (κ2) is 6.96. The van der Waals surface area contributed by atoms with Gasteiger partial charge in [0.1, 0.15) is 0 Å². The molecule has 0 heteroatoms. The molecule has 1 aliphatic carbocycles. The summed E-state index contributed by atoms with van der Waals surface area (Å²) in [5.74, 6) is 1.12. The molecule has 0 N–H and O–H groups in total. The summed E-state index contributed by atoms with van der Waals surface area (Å²) in [7, 11) is 0. The Hall–Kier alpha value is -2.21. The normalized spacial score (nSPS) is 15.0. The molecule has 0 spiro atoms. The molecule has 3 rings (SSSR count). The zero-order valence-electron chi connectivity index (χ0n) is 16.4. The van der Waals surface area contributed by atoms with E-state index in [1.54, 1.807) is 0 Å². The van der Waals surface area contributed by atoms with Crippen molar-refractivity contribution in [2.75, 3.05) is 0 Å². The number of hydrogen-bond acceptors (Lipinski definition) is 0. The van der Waals surface area contributed by atoms with E-state index in [9.17, 15) is 0 Å². The maximum Gasteiger partial charge on any atom is 0.0743 e. The van der Waals surface area contributed by atoms with Gasteiger partial charge in [-0.1, -0.05) is 39.8 Å². The summed E-state index contributed by atoms with van der Waals surface area (Å²) in [4.78, 5) is 0. The van der Waals surface area contributed by atoms with Gasteiger partial charge in [-0.2, -0.15) is 0 Å². The topological polar surface area (TPSA) is 0 Å². The highest BCUT2D eigenvalue weighted by Crippen LogP contribution is 2.38. The Kier molecular flexibility index (Phi) is 4.90. The Bertz CT molecular complexity index is 850. The summed E-state index contributed by atoms with van der Waals surface area (Å²) in [6.07, 6.45) is 4.65. The van der Waals surface area contributed by atoms with Gasteiger partial charge >= 0.3 is 0 Å². The number of aryl methyl sites for hydroxylation is 1. The first kappa shape index (κ1) is 17.6. The summed E-state index contributed by atoms with van der Waals surface area (Å²) in [6.45, 7) is 13.5. The molecule has 0 bridgehead atoms. The Balaban J connectivity index is 2.09. The van der Waals surface area contributed by atoms with Crippen LogP contribution in [0.3, 0.4) is 0 Å². The Morgan fingerprint density at radius 1 is 0.800 bits per heavy atom. The largest absolute Gasteiger partial charge is 0.0743 e. The van der Waals surface area contributed by atoms with E-state index >= 15 is 0 Å². The molecule has 0 fully saturated rings. The molecule has 0 heterocycles. The van der Waals surface area contributed by atoms with Crippen molar-refractivity contribution in [2.24, 2.45) is 0 Å². The fourth-order valence-corrected chi connectivity index (χ4v) is 3.51. The van der Waals surface area contributed by atoms with Crippen molar-refractivity contribution in [3.8, 4) is 0 Å². The monoisotopic (exact) mass is 329 g/mol. The second-order valence-electron chi connectivity index (χ2n) is 7.85. The number of fused-ring (bicyclic) bond motifs is 1. The Morgan fingerprint density at radius 3 is 2.00 bits per heavy atom. The maximum atomic E-state index is 2.38. The minimum Gasteiger partial charge on any atom is -0.0587 e. The molecule has 0 saturated heterocycles. The first-order valence-corrected chi connectivity index (χ1v) is 9.35. The predicted octanol–water partition coefficient (Wildman–Crippen LogP) is 7.48. The van der Waals surface area contributed by atoms with Crippen LogP contribution in [0.1, 0.15) is 79.8 Å². The van der Waals surface area contributed by atoms with Gasteiger partial charge in [0.25, 0.3) is 0 Å². The molecule has 0 unspecified atom stereocenters. The van der Waals surface area contributed by atoms with Crippen LogP contribution in [0.2, 0.25) is 0 Å². The lowest BCUT2D eigenvalue weighted by Crippen LogP contribution is -1.87. The molecule has 0 saturated carbocycles. The highest BCUT2D eigenvalue weighted by atomic mass is 14.2. The molecular weight excluding hydrogens is 300 g/mol. The van der Waals surface area contributed by atoms with Gasteiger partial charge in [0.2, 0.25) is 0 Å². The van der Waals surface area contributed by atoms with E-state index in [1.807, 2.05) is 0 Å². The van der Waals surface area contributed by atoms with Gasteiger partial charge in [-0.05, 0) is 61.1 Å². The van der Waals surface area contributed by atoms with E-state index < -0.39 is 0 Å². The van der Waals surface area contributed by atoms with E-state index in [-0.39, 0.29) is 0 Å². The van der Waals surface area contributed by atoms with Crippen LogP contribution in [0.25, 0.3) is 17.2 Å². The molecule has 0 atom stereocenters. The van der Waals surface area contributed by atoms with E-state index in [0.29, 0.717) is 11.8 Å². The van der Waals surface area contributed by atoms with Gasteiger partial charge in [-0.15, -0.1) is 0 Å². The van der Waals surface area contributed by atoms with Gasteiger partial charge in [0, 0.05) is 34.9 Å². The Morgan fingerprint density at radius 2 is 1.40 bits per heavy atom. The third-order valence-corrected chi connectivity index (χ3v) is 5.18. The average molecular weight is 330 g/mol. The van der Waals surface area contributed by atoms with Gasteiger partial charge < -0.3 is 0 Å². The van der Waals surface area contributed by atoms with E-state index in [1.165, 1.54) is 44.5 Å². The van der Waals surface area contributed by atoms with Crippen LogP contribution >= 0.6 is 0 Å². The first-order valence-electron chi connectivity index (χ1n) is 9.35. The molecule has 2 aromatic carbocycles. The molecule has 25 heavy (non-hydrogen) atoms. The minimum absolute atomic E-state index is 0.542. The number of hydrogen-bond donors (Lipinski definition) is 0. The lowest BCUT2D eigenvalue weighted by atomic mass is 9.98. The van der Waals surface area contributed by atoms with Crippen molar-refractivity contribution in [3.63, 3.8) is 0 Å². The van der Waals surface area contributed by atoms with Crippen molar-refractivity contribution in [2.45, 2.75) is 53.4 Å². The summed E-state index contributed by atoms with van der Waals surface area (Å²) in [5.41, 5.74) is 10.9. The van der Waals surface area contributed by atoms with Gasteiger partial charge in [0.15, 0.2) is 0 Å². The van der Waals surface area contributed by atoms with Crippen molar-refractivity contribution in [1.82, 2.24) is 0 Å². The second-order valence-corrected chi connectivity index (χ2v) is 7.85. The first-order chi connectivity index (χ1) is 11.9. The molecule has 2 aromatic rings.